The molecule has 2 aliphatic heterocycles. The van der Waals surface area contributed by atoms with Gasteiger partial charge >= 0.3 is 5.97 Å². The number of hydrogen-bond acceptors (Lipinski definition) is 10. The number of pyridine rings is 1. The van der Waals surface area contributed by atoms with Crippen LogP contribution in [0.25, 0.3) is 11.3 Å². The lowest BCUT2D eigenvalue weighted by Crippen LogP contribution is -2.40. The molecule has 12 heteroatoms. The van der Waals surface area contributed by atoms with E-state index in [4.69, 9.17) is 14.5 Å². The van der Waals surface area contributed by atoms with Gasteiger partial charge in [-0.05, 0) is 63.4 Å². The van der Waals surface area contributed by atoms with Crippen molar-refractivity contribution in [1.82, 2.24) is 15.0 Å². The minimum Gasteiger partial charge on any atom is -0.507 e. The number of aromatic nitrogens is 3. The number of benzene rings is 1. The summed E-state index contributed by atoms with van der Waals surface area (Å²) in [4.78, 5) is 31.3. The van der Waals surface area contributed by atoms with E-state index in [1.165, 1.54) is 32.0 Å². The smallest absolute Gasteiger partial charge is 0.347 e. The summed E-state index contributed by atoms with van der Waals surface area (Å²) < 4.78 is 26.3. The van der Waals surface area contributed by atoms with Gasteiger partial charge < -0.3 is 29.9 Å². The minimum atomic E-state index is -1.49. The number of aliphatic hydroxyl groups excluding tert-OH is 1. The Morgan fingerprint density at radius 3 is 2.83 bits per heavy atom. The second-order valence-corrected chi connectivity index (χ2v) is 10.3. The number of aliphatic imine (C=N–C) groups is 1. The molecule has 3 N–H and O–H groups in total. The third kappa shape index (κ3) is 6.71. The van der Waals surface area contributed by atoms with E-state index in [1.54, 1.807) is 36.8 Å². The fraction of sp³-hybridized carbons (Fsp3) is 0.345. The molecule has 1 fully saturated rings. The quantitative estimate of drug-likeness (QED) is 0.317. The average Bonchev–Trinajstić information content (AvgIpc) is 2.95. The van der Waals surface area contributed by atoms with Crippen molar-refractivity contribution in [2.24, 2.45) is 4.99 Å². The van der Waals surface area contributed by atoms with Crippen LogP contribution in [0.1, 0.15) is 39.5 Å². The van der Waals surface area contributed by atoms with Gasteiger partial charge in [0.05, 0.1) is 24.6 Å². The number of anilines is 3. The van der Waals surface area contributed by atoms with E-state index >= 15 is 0 Å². The lowest BCUT2D eigenvalue weighted by Gasteiger charge is -2.33. The van der Waals surface area contributed by atoms with Gasteiger partial charge in [-0.3, -0.25) is 4.98 Å². The molecule has 4 heterocycles. The molecule has 1 saturated heterocycles. The van der Waals surface area contributed by atoms with Crippen molar-refractivity contribution >= 4 is 29.6 Å². The largest absolute Gasteiger partial charge is 0.507 e. The molecule has 214 valence electrons. The predicted octanol–water partition coefficient (Wildman–Crippen LogP) is 5.24. The van der Waals surface area contributed by atoms with Crippen LogP contribution in [0.3, 0.4) is 0 Å². The first-order valence-corrected chi connectivity index (χ1v) is 13.3. The molecule has 11 nitrogen and oxygen atoms in total. The topological polar surface area (TPSA) is 142 Å². The van der Waals surface area contributed by atoms with Crippen LogP contribution in [0.5, 0.6) is 5.75 Å². The third-order valence-corrected chi connectivity index (χ3v) is 6.67. The number of piperidine rings is 1. The summed E-state index contributed by atoms with van der Waals surface area (Å²) in [7, 11) is 0. The lowest BCUT2D eigenvalue weighted by atomic mass is 10.1. The van der Waals surface area contributed by atoms with Gasteiger partial charge in [-0.25, -0.2) is 24.1 Å². The van der Waals surface area contributed by atoms with Crippen molar-refractivity contribution in [2.45, 2.75) is 51.2 Å². The number of carbonyl (C=O) groups is 1. The van der Waals surface area contributed by atoms with Gasteiger partial charge in [0.15, 0.2) is 17.2 Å². The monoisotopic (exact) mass is 562 g/mol. The molecule has 5 rings (SSSR count). The standard InChI is InChI=1S/C29H31FN6O5/c1-29(2,28(38)39)41-18-10-11-21(30)20(14-18)22-7-3-9-24(33-22)34-25-15-31-16-26(35-25)36-13-5-6-19(17-36)40-27-23(37)8-4-12-32-27/h3,7,9-12,14-16,19,37H,4-6,8,13,17H2,1-2H3,(H,38,39)(H,33,34,35). The van der Waals surface area contributed by atoms with Crippen molar-refractivity contribution in [3.63, 3.8) is 0 Å². The maximum absolute atomic E-state index is 14.8. The highest BCUT2D eigenvalue weighted by molar-refractivity contribution is 5.77. The molecule has 0 bridgehead atoms. The minimum absolute atomic E-state index is 0.149. The maximum Gasteiger partial charge on any atom is 0.347 e. The average molecular weight is 563 g/mol. The summed E-state index contributed by atoms with van der Waals surface area (Å²) in [5, 5.41) is 22.6. The second-order valence-electron chi connectivity index (χ2n) is 10.3. The summed E-state index contributed by atoms with van der Waals surface area (Å²) in [5.41, 5.74) is -0.997. The lowest BCUT2D eigenvalue weighted by molar-refractivity contribution is -0.152. The van der Waals surface area contributed by atoms with Gasteiger partial charge in [-0.15, -0.1) is 0 Å². The van der Waals surface area contributed by atoms with Crippen LogP contribution in [-0.4, -0.2) is 62.1 Å². The SMILES string of the molecule is CC(C)(Oc1ccc(F)c(-c2cccc(Nc3cncc(N4CCCC(OC5=C(O)CCC=N5)C4)n3)n2)c1)C(=O)O. The number of hydrogen-bond donors (Lipinski definition) is 3. The highest BCUT2D eigenvalue weighted by atomic mass is 19.1. The second kappa shape index (κ2) is 11.8. The molecule has 1 unspecified atom stereocenters. The number of aliphatic carboxylic acids is 1. The third-order valence-electron chi connectivity index (χ3n) is 6.67. The fourth-order valence-corrected chi connectivity index (χ4v) is 4.49. The van der Waals surface area contributed by atoms with Crippen molar-refractivity contribution in [3.05, 3.63) is 66.3 Å². The van der Waals surface area contributed by atoms with Crippen molar-refractivity contribution in [1.29, 1.82) is 0 Å². The Morgan fingerprint density at radius 1 is 1.17 bits per heavy atom. The summed E-state index contributed by atoms with van der Waals surface area (Å²) in [5.74, 6) is 0.528. The normalized spacial score (nSPS) is 17.3. The van der Waals surface area contributed by atoms with Crippen LogP contribution in [0.15, 0.2) is 65.4 Å². The molecule has 1 atom stereocenters. The zero-order valence-electron chi connectivity index (χ0n) is 22.7. The van der Waals surface area contributed by atoms with Crippen LogP contribution in [0, 0.1) is 5.82 Å². The van der Waals surface area contributed by atoms with Crippen LogP contribution >= 0.6 is 0 Å². The molecule has 0 spiro atoms. The Bertz CT molecular complexity index is 1490. The van der Waals surface area contributed by atoms with Crippen LogP contribution in [0.4, 0.5) is 21.8 Å². The van der Waals surface area contributed by atoms with E-state index in [-0.39, 0.29) is 29.1 Å². The molecule has 3 aromatic rings. The molecule has 2 aliphatic rings. The molecule has 0 saturated carbocycles. The van der Waals surface area contributed by atoms with Gasteiger partial charge in [0.25, 0.3) is 5.88 Å². The Morgan fingerprint density at radius 2 is 2.02 bits per heavy atom. The highest BCUT2D eigenvalue weighted by Gasteiger charge is 2.30. The van der Waals surface area contributed by atoms with Gasteiger partial charge in [0, 0.05) is 24.7 Å². The van der Waals surface area contributed by atoms with Gasteiger partial charge in [0.1, 0.15) is 29.3 Å². The molecule has 0 aliphatic carbocycles. The zero-order chi connectivity index (χ0) is 29.0. The fourth-order valence-electron chi connectivity index (χ4n) is 4.49. The number of halogens is 1. The molecule has 0 radical (unpaired) electrons. The summed E-state index contributed by atoms with van der Waals surface area (Å²) in [6.07, 6.45) is 7.78. The number of carboxylic acid groups (broad SMARTS) is 1. The van der Waals surface area contributed by atoms with E-state index in [0.717, 1.165) is 19.4 Å². The van der Waals surface area contributed by atoms with E-state index in [9.17, 15) is 19.4 Å². The van der Waals surface area contributed by atoms with Crippen molar-refractivity contribution < 1.29 is 28.9 Å². The van der Waals surface area contributed by atoms with Crippen molar-refractivity contribution in [2.75, 3.05) is 23.3 Å². The Kier molecular flexibility index (Phi) is 7.99. The first-order valence-electron chi connectivity index (χ1n) is 13.3. The van der Waals surface area contributed by atoms with Crippen molar-refractivity contribution in [3.8, 4) is 17.0 Å². The van der Waals surface area contributed by atoms with E-state index in [0.29, 0.717) is 42.5 Å². The molecular weight excluding hydrogens is 531 g/mol. The number of rotatable bonds is 9. The van der Waals surface area contributed by atoms with Gasteiger partial charge in [-0.1, -0.05) is 6.07 Å². The molecule has 0 amide bonds. The summed E-state index contributed by atoms with van der Waals surface area (Å²) in [6.45, 7) is 4.17. The van der Waals surface area contributed by atoms with Gasteiger partial charge in [0.2, 0.25) is 0 Å². The molecule has 41 heavy (non-hydrogen) atoms. The number of nitrogens with zero attached hydrogens (tertiary/aromatic N) is 5. The number of carboxylic acids is 1. The Hall–Kier alpha value is -4.74. The summed E-state index contributed by atoms with van der Waals surface area (Å²) in [6, 6.07) is 9.11. The first-order chi connectivity index (χ1) is 19.7. The van der Waals surface area contributed by atoms with Crippen LogP contribution in [0.2, 0.25) is 0 Å². The summed E-state index contributed by atoms with van der Waals surface area (Å²) >= 11 is 0. The number of nitrogens with one attached hydrogen (secondary N) is 1. The van der Waals surface area contributed by atoms with E-state index in [1.807, 2.05) is 0 Å². The van der Waals surface area contributed by atoms with E-state index < -0.39 is 17.4 Å². The van der Waals surface area contributed by atoms with E-state index in [2.05, 4.69) is 25.2 Å². The Balaban J connectivity index is 1.30. The predicted molar refractivity (Wildman–Crippen MR) is 151 cm³/mol. The number of ether oxygens (including phenoxy) is 2. The molecular formula is C29H31FN6O5. The van der Waals surface area contributed by atoms with Crippen LogP contribution < -0.4 is 15.0 Å². The maximum atomic E-state index is 14.8. The van der Waals surface area contributed by atoms with Crippen LogP contribution in [-0.2, 0) is 9.53 Å². The molecule has 2 aromatic heterocycles. The highest BCUT2D eigenvalue weighted by Crippen LogP contribution is 2.30. The molecule has 1 aromatic carbocycles. The number of aliphatic hydroxyl groups is 1. The first kappa shape index (κ1) is 27.8. The zero-order valence-corrected chi connectivity index (χ0v) is 22.7. The Labute approximate surface area is 236 Å². The number of allylic oxidation sites excluding steroid dienone is 1. The van der Waals surface area contributed by atoms with Gasteiger partial charge in [-0.2, -0.15) is 0 Å².